The summed E-state index contributed by atoms with van der Waals surface area (Å²) in [6, 6.07) is 2.13. The Labute approximate surface area is 69.2 Å². The van der Waals surface area contributed by atoms with Gasteiger partial charge in [-0.05, 0) is 13.1 Å². The van der Waals surface area contributed by atoms with Gasteiger partial charge < -0.3 is 4.90 Å². The van der Waals surface area contributed by atoms with E-state index in [1.54, 1.807) is 0 Å². The van der Waals surface area contributed by atoms with Crippen LogP contribution in [0.1, 0.15) is 20.3 Å². The van der Waals surface area contributed by atoms with Crippen molar-refractivity contribution in [3.63, 3.8) is 0 Å². The van der Waals surface area contributed by atoms with Crippen molar-refractivity contribution in [1.29, 1.82) is 5.26 Å². The first-order valence-electron chi connectivity index (χ1n) is 3.44. The zero-order valence-corrected chi connectivity index (χ0v) is 7.45. The van der Waals surface area contributed by atoms with E-state index in [2.05, 4.69) is 24.8 Å². The van der Waals surface area contributed by atoms with E-state index in [0.29, 0.717) is 6.42 Å². The number of hydrogen-bond acceptors (Lipinski definition) is 2. The molecule has 0 bridgehead atoms. The van der Waals surface area contributed by atoms with Crippen LogP contribution in [0.25, 0.3) is 0 Å². The molecule has 0 heterocycles. The van der Waals surface area contributed by atoms with E-state index in [1.807, 2.05) is 0 Å². The topological polar surface area (TPSA) is 27.0 Å². The first kappa shape index (κ1) is 12.4. The summed E-state index contributed by atoms with van der Waals surface area (Å²) in [7, 11) is 0. The van der Waals surface area contributed by atoms with Gasteiger partial charge in [0.15, 0.2) is 0 Å². The second kappa shape index (κ2) is 8.74. The normalized spacial score (nSPS) is 8.60. The highest BCUT2D eigenvalue weighted by Gasteiger charge is 1.94. The Hall–Kier alpha value is -0.260. The summed E-state index contributed by atoms with van der Waals surface area (Å²) in [5.74, 6) is 0. The molecule has 0 saturated heterocycles. The van der Waals surface area contributed by atoms with Crippen molar-refractivity contribution in [1.82, 2.24) is 4.90 Å². The van der Waals surface area contributed by atoms with Crippen molar-refractivity contribution in [3.05, 3.63) is 0 Å². The van der Waals surface area contributed by atoms with E-state index < -0.39 is 0 Å². The van der Waals surface area contributed by atoms with Crippen LogP contribution in [0.3, 0.4) is 0 Å². The van der Waals surface area contributed by atoms with Gasteiger partial charge >= 0.3 is 0 Å². The van der Waals surface area contributed by atoms with Gasteiger partial charge in [0.25, 0.3) is 0 Å². The zero-order chi connectivity index (χ0) is 7.11. The maximum Gasteiger partial charge on any atom is 0.0635 e. The molecule has 0 aromatic carbocycles. The van der Waals surface area contributed by atoms with E-state index in [-0.39, 0.29) is 12.4 Å². The highest BCUT2D eigenvalue weighted by atomic mass is 35.5. The molecule has 10 heavy (non-hydrogen) atoms. The van der Waals surface area contributed by atoms with Crippen LogP contribution in [-0.4, -0.2) is 24.5 Å². The van der Waals surface area contributed by atoms with Gasteiger partial charge in [0, 0.05) is 13.0 Å². The fourth-order valence-corrected chi connectivity index (χ4v) is 0.748. The summed E-state index contributed by atoms with van der Waals surface area (Å²) in [5, 5.41) is 8.23. The minimum Gasteiger partial charge on any atom is -0.303 e. The molecule has 0 spiro atoms. The van der Waals surface area contributed by atoms with Crippen LogP contribution in [-0.2, 0) is 0 Å². The smallest absolute Gasteiger partial charge is 0.0635 e. The number of halogens is 1. The summed E-state index contributed by atoms with van der Waals surface area (Å²) in [4.78, 5) is 2.24. The second-order valence-corrected chi connectivity index (χ2v) is 1.93. The van der Waals surface area contributed by atoms with Crippen molar-refractivity contribution in [3.8, 4) is 6.07 Å². The van der Waals surface area contributed by atoms with Gasteiger partial charge in [0.2, 0.25) is 0 Å². The van der Waals surface area contributed by atoms with Gasteiger partial charge in [-0.1, -0.05) is 13.8 Å². The average Bonchev–Trinajstić information content (AvgIpc) is 1.91. The van der Waals surface area contributed by atoms with Crippen molar-refractivity contribution >= 4 is 12.4 Å². The third-order valence-corrected chi connectivity index (χ3v) is 1.43. The van der Waals surface area contributed by atoms with Crippen LogP contribution >= 0.6 is 12.4 Å². The lowest BCUT2D eigenvalue weighted by Crippen LogP contribution is -2.23. The fraction of sp³-hybridized carbons (Fsp3) is 0.857. The molecule has 3 heteroatoms. The Balaban J connectivity index is 0. The maximum atomic E-state index is 8.23. The minimum absolute atomic E-state index is 0. The second-order valence-electron chi connectivity index (χ2n) is 1.93. The van der Waals surface area contributed by atoms with Gasteiger partial charge in [-0.2, -0.15) is 5.26 Å². The molecule has 0 aliphatic heterocycles. The van der Waals surface area contributed by atoms with E-state index in [0.717, 1.165) is 19.6 Å². The van der Waals surface area contributed by atoms with Crippen LogP contribution in [0.2, 0.25) is 0 Å². The van der Waals surface area contributed by atoms with Crippen molar-refractivity contribution in [2.75, 3.05) is 19.6 Å². The van der Waals surface area contributed by atoms with Crippen molar-refractivity contribution < 1.29 is 0 Å². The lowest BCUT2D eigenvalue weighted by molar-refractivity contribution is 0.311. The molecular weight excluding hydrogens is 148 g/mol. The first-order chi connectivity index (χ1) is 4.35. The molecule has 0 radical (unpaired) electrons. The van der Waals surface area contributed by atoms with E-state index in [4.69, 9.17) is 5.26 Å². The number of nitrogens with zero attached hydrogens (tertiary/aromatic N) is 2. The molecule has 0 amide bonds. The number of hydrogen-bond donors (Lipinski definition) is 0. The summed E-state index contributed by atoms with van der Waals surface area (Å²) in [6.07, 6.45) is 0.654. The largest absolute Gasteiger partial charge is 0.303 e. The van der Waals surface area contributed by atoms with Gasteiger partial charge in [-0.15, -0.1) is 12.4 Å². The monoisotopic (exact) mass is 162 g/mol. The van der Waals surface area contributed by atoms with Crippen molar-refractivity contribution in [2.24, 2.45) is 0 Å². The number of rotatable bonds is 4. The molecule has 0 rings (SSSR count). The summed E-state index contributed by atoms with van der Waals surface area (Å²) in [5.41, 5.74) is 0. The molecule has 0 aliphatic carbocycles. The van der Waals surface area contributed by atoms with Crippen LogP contribution in [0.4, 0.5) is 0 Å². The standard InChI is InChI=1S/C7H14N2.ClH/c1-3-9(4-2)7-5-6-8;/h3-5,7H2,1-2H3;1H. The Morgan fingerprint density at radius 3 is 2.10 bits per heavy atom. The van der Waals surface area contributed by atoms with Gasteiger partial charge in [-0.25, -0.2) is 0 Å². The molecule has 0 aliphatic rings. The van der Waals surface area contributed by atoms with Crippen LogP contribution in [0, 0.1) is 11.3 Å². The third kappa shape index (κ3) is 5.87. The lowest BCUT2D eigenvalue weighted by Gasteiger charge is -2.14. The highest BCUT2D eigenvalue weighted by Crippen LogP contribution is 1.87. The van der Waals surface area contributed by atoms with E-state index in [9.17, 15) is 0 Å². The van der Waals surface area contributed by atoms with Gasteiger partial charge in [0.05, 0.1) is 6.07 Å². The third-order valence-electron chi connectivity index (χ3n) is 1.43. The molecule has 0 aromatic heterocycles. The van der Waals surface area contributed by atoms with Crippen LogP contribution < -0.4 is 0 Å². The van der Waals surface area contributed by atoms with Gasteiger partial charge in [-0.3, -0.25) is 0 Å². The van der Waals surface area contributed by atoms with Crippen LogP contribution in [0.15, 0.2) is 0 Å². The Morgan fingerprint density at radius 1 is 1.30 bits per heavy atom. The predicted octanol–water partition coefficient (Wildman–Crippen LogP) is 1.66. The number of nitriles is 1. The predicted molar refractivity (Wildman–Crippen MR) is 45.3 cm³/mol. The molecule has 0 aromatic rings. The molecular formula is C7H15ClN2. The molecule has 0 N–H and O–H groups in total. The summed E-state index contributed by atoms with van der Waals surface area (Å²) in [6.45, 7) is 7.25. The summed E-state index contributed by atoms with van der Waals surface area (Å²) < 4.78 is 0. The van der Waals surface area contributed by atoms with Gasteiger partial charge in [0.1, 0.15) is 0 Å². The first-order valence-corrected chi connectivity index (χ1v) is 3.44. The Bertz CT molecular complexity index is 94.3. The quantitative estimate of drug-likeness (QED) is 0.629. The molecule has 0 unspecified atom stereocenters. The molecule has 60 valence electrons. The van der Waals surface area contributed by atoms with E-state index >= 15 is 0 Å². The Morgan fingerprint density at radius 2 is 1.80 bits per heavy atom. The Kier molecular flexibility index (Phi) is 10.9. The van der Waals surface area contributed by atoms with E-state index in [1.165, 1.54) is 0 Å². The molecule has 0 atom stereocenters. The molecule has 0 saturated carbocycles. The zero-order valence-electron chi connectivity index (χ0n) is 6.63. The highest BCUT2D eigenvalue weighted by molar-refractivity contribution is 5.85. The minimum atomic E-state index is 0. The average molecular weight is 163 g/mol. The van der Waals surface area contributed by atoms with Crippen molar-refractivity contribution in [2.45, 2.75) is 20.3 Å². The lowest BCUT2D eigenvalue weighted by atomic mass is 10.4. The van der Waals surface area contributed by atoms with Crippen LogP contribution in [0.5, 0.6) is 0 Å². The molecule has 0 fully saturated rings. The SMILES string of the molecule is CCN(CC)CCC#N.Cl. The molecule has 2 nitrogen and oxygen atoms in total. The maximum absolute atomic E-state index is 8.23. The summed E-state index contributed by atoms with van der Waals surface area (Å²) >= 11 is 0. The fourth-order valence-electron chi connectivity index (χ4n) is 0.748.